The standard InChI is InChI=1S/C18H13N3O3/c1-23-15-8-7-12(10-19)16(21-15)14-9-11-5-3-4-6-13(11)17(20-14)18(22)24-2/h3-9H,1-2H3. The average Bonchev–Trinajstić information content (AvgIpc) is 2.65. The molecular weight excluding hydrogens is 306 g/mol. The van der Waals surface area contributed by atoms with E-state index in [4.69, 9.17) is 9.47 Å². The van der Waals surface area contributed by atoms with Gasteiger partial charge in [0.15, 0.2) is 5.69 Å². The topological polar surface area (TPSA) is 85.1 Å². The maximum atomic E-state index is 12.1. The van der Waals surface area contributed by atoms with E-state index in [1.807, 2.05) is 18.2 Å². The van der Waals surface area contributed by atoms with Gasteiger partial charge >= 0.3 is 5.97 Å². The summed E-state index contributed by atoms with van der Waals surface area (Å²) in [5.74, 6) is -0.187. The van der Waals surface area contributed by atoms with Crippen LogP contribution in [-0.4, -0.2) is 30.2 Å². The van der Waals surface area contributed by atoms with Crippen molar-refractivity contribution in [1.29, 1.82) is 5.26 Å². The van der Waals surface area contributed by atoms with Gasteiger partial charge in [-0.15, -0.1) is 0 Å². The second-order valence-corrected chi connectivity index (χ2v) is 4.93. The molecule has 0 amide bonds. The molecule has 0 saturated carbocycles. The van der Waals surface area contributed by atoms with Crippen LogP contribution in [0.2, 0.25) is 0 Å². The third-order valence-corrected chi connectivity index (χ3v) is 3.56. The number of hydrogen-bond acceptors (Lipinski definition) is 6. The smallest absolute Gasteiger partial charge is 0.357 e. The number of methoxy groups -OCH3 is 2. The van der Waals surface area contributed by atoms with Crippen molar-refractivity contribution < 1.29 is 14.3 Å². The predicted octanol–water partition coefficient (Wildman–Crippen LogP) is 2.96. The fraction of sp³-hybridized carbons (Fsp3) is 0.111. The van der Waals surface area contributed by atoms with E-state index in [0.717, 1.165) is 5.39 Å². The second-order valence-electron chi connectivity index (χ2n) is 4.93. The third-order valence-electron chi connectivity index (χ3n) is 3.56. The van der Waals surface area contributed by atoms with Crippen molar-refractivity contribution in [2.45, 2.75) is 0 Å². The lowest BCUT2D eigenvalue weighted by atomic mass is 10.1. The van der Waals surface area contributed by atoms with Gasteiger partial charge in [0, 0.05) is 11.5 Å². The minimum atomic E-state index is -0.547. The third kappa shape index (κ3) is 2.63. The Bertz CT molecular complexity index is 977. The lowest BCUT2D eigenvalue weighted by Crippen LogP contribution is -2.07. The van der Waals surface area contributed by atoms with Crippen molar-refractivity contribution in [2.75, 3.05) is 14.2 Å². The number of carbonyl (C=O) groups is 1. The van der Waals surface area contributed by atoms with Crippen LogP contribution in [0.15, 0.2) is 42.5 Å². The summed E-state index contributed by atoms with van der Waals surface area (Å²) in [7, 11) is 2.79. The molecule has 0 atom stereocenters. The van der Waals surface area contributed by atoms with E-state index < -0.39 is 5.97 Å². The summed E-state index contributed by atoms with van der Waals surface area (Å²) in [6, 6.07) is 14.4. The number of nitriles is 1. The summed E-state index contributed by atoms with van der Waals surface area (Å²) in [6.07, 6.45) is 0. The van der Waals surface area contributed by atoms with Gasteiger partial charge in [0.05, 0.1) is 25.5 Å². The molecule has 3 rings (SSSR count). The highest BCUT2D eigenvalue weighted by atomic mass is 16.5. The molecule has 2 aromatic heterocycles. The number of carbonyl (C=O) groups excluding carboxylic acids is 1. The van der Waals surface area contributed by atoms with E-state index in [0.29, 0.717) is 28.2 Å². The van der Waals surface area contributed by atoms with E-state index in [1.54, 1.807) is 24.3 Å². The Hall–Kier alpha value is -3.46. The fourth-order valence-corrected chi connectivity index (χ4v) is 2.41. The van der Waals surface area contributed by atoms with Crippen LogP contribution in [0, 0.1) is 11.3 Å². The first-order valence-corrected chi connectivity index (χ1v) is 7.11. The van der Waals surface area contributed by atoms with Gasteiger partial charge in [0.25, 0.3) is 0 Å². The summed E-state index contributed by atoms with van der Waals surface area (Å²) < 4.78 is 9.95. The SMILES string of the molecule is COC(=O)c1nc(-c2nc(OC)ccc2C#N)cc2ccccc12. The Kier molecular flexibility index (Phi) is 4.08. The molecule has 2 heterocycles. The number of pyridine rings is 2. The van der Waals surface area contributed by atoms with E-state index in [-0.39, 0.29) is 5.69 Å². The maximum absolute atomic E-state index is 12.1. The highest BCUT2D eigenvalue weighted by molar-refractivity contribution is 6.03. The van der Waals surface area contributed by atoms with Gasteiger partial charge in [0.2, 0.25) is 5.88 Å². The van der Waals surface area contributed by atoms with Crippen molar-refractivity contribution in [2.24, 2.45) is 0 Å². The summed E-state index contributed by atoms with van der Waals surface area (Å²) in [5, 5.41) is 10.8. The number of nitrogens with zero attached hydrogens (tertiary/aromatic N) is 3. The molecule has 0 bridgehead atoms. The Labute approximate surface area is 138 Å². The predicted molar refractivity (Wildman–Crippen MR) is 87.6 cm³/mol. The number of rotatable bonds is 3. The van der Waals surface area contributed by atoms with Crippen LogP contribution in [0.4, 0.5) is 0 Å². The Balaban J connectivity index is 2.32. The van der Waals surface area contributed by atoms with Crippen LogP contribution in [0.5, 0.6) is 5.88 Å². The van der Waals surface area contributed by atoms with Crippen LogP contribution in [0.3, 0.4) is 0 Å². The van der Waals surface area contributed by atoms with Gasteiger partial charge in [0.1, 0.15) is 11.8 Å². The van der Waals surface area contributed by atoms with Crippen LogP contribution in [-0.2, 0) is 4.74 Å². The van der Waals surface area contributed by atoms with Crippen molar-refractivity contribution in [3.8, 4) is 23.3 Å². The summed E-state index contributed by atoms with van der Waals surface area (Å²) in [5.41, 5.74) is 1.28. The van der Waals surface area contributed by atoms with Gasteiger partial charge in [-0.05, 0) is 17.5 Å². The first-order valence-electron chi connectivity index (χ1n) is 7.11. The van der Waals surface area contributed by atoms with Crippen molar-refractivity contribution in [3.05, 3.63) is 53.7 Å². The molecule has 1 aromatic carbocycles. The molecule has 0 saturated heterocycles. The maximum Gasteiger partial charge on any atom is 0.357 e. The molecule has 0 aliphatic heterocycles. The van der Waals surface area contributed by atoms with Crippen LogP contribution in [0.25, 0.3) is 22.2 Å². The van der Waals surface area contributed by atoms with Crippen LogP contribution < -0.4 is 4.74 Å². The molecule has 3 aromatic rings. The molecule has 6 nitrogen and oxygen atoms in total. The Morgan fingerprint density at radius 3 is 2.62 bits per heavy atom. The molecule has 0 radical (unpaired) electrons. The molecule has 118 valence electrons. The van der Waals surface area contributed by atoms with Crippen molar-refractivity contribution in [3.63, 3.8) is 0 Å². The van der Waals surface area contributed by atoms with Gasteiger partial charge in [-0.1, -0.05) is 24.3 Å². The number of fused-ring (bicyclic) bond motifs is 1. The summed E-state index contributed by atoms with van der Waals surface area (Å²) in [4.78, 5) is 20.8. The first kappa shape index (κ1) is 15.4. The summed E-state index contributed by atoms with van der Waals surface area (Å²) >= 11 is 0. The quantitative estimate of drug-likeness (QED) is 0.690. The van der Waals surface area contributed by atoms with E-state index in [9.17, 15) is 10.1 Å². The monoisotopic (exact) mass is 319 g/mol. The lowest BCUT2D eigenvalue weighted by molar-refractivity contribution is 0.0596. The lowest BCUT2D eigenvalue weighted by Gasteiger charge is -2.09. The molecule has 0 N–H and O–H groups in total. The zero-order chi connectivity index (χ0) is 17.1. The molecule has 0 aliphatic carbocycles. The molecule has 24 heavy (non-hydrogen) atoms. The van der Waals surface area contributed by atoms with Crippen LogP contribution >= 0.6 is 0 Å². The van der Waals surface area contributed by atoms with Crippen molar-refractivity contribution >= 4 is 16.7 Å². The Morgan fingerprint density at radius 2 is 1.92 bits per heavy atom. The number of benzene rings is 1. The summed E-state index contributed by atoms with van der Waals surface area (Å²) in [6.45, 7) is 0. The molecular formula is C18H13N3O3. The van der Waals surface area contributed by atoms with Gasteiger partial charge in [-0.2, -0.15) is 5.26 Å². The van der Waals surface area contributed by atoms with Gasteiger partial charge in [-0.25, -0.2) is 14.8 Å². The van der Waals surface area contributed by atoms with E-state index in [1.165, 1.54) is 14.2 Å². The van der Waals surface area contributed by atoms with Gasteiger partial charge < -0.3 is 9.47 Å². The number of ether oxygens (including phenoxy) is 2. The molecule has 0 fully saturated rings. The number of esters is 1. The molecule has 0 aliphatic rings. The average molecular weight is 319 g/mol. The Morgan fingerprint density at radius 1 is 1.12 bits per heavy atom. The minimum Gasteiger partial charge on any atom is -0.481 e. The van der Waals surface area contributed by atoms with E-state index in [2.05, 4.69) is 16.0 Å². The number of hydrogen-bond donors (Lipinski definition) is 0. The minimum absolute atomic E-state index is 0.180. The second kappa shape index (κ2) is 6.34. The largest absolute Gasteiger partial charge is 0.481 e. The zero-order valence-corrected chi connectivity index (χ0v) is 13.1. The van der Waals surface area contributed by atoms with Gasteiger partial charge in [-0.3, -0.25) is 0 Å². The highest BCUT2D eigenvalue weighted by Crippen LogP contribution is 2.27. The molecule has 0 spiro atoms. The normalized spacial score (nSPS) is 10.2. The fourth-order valence-electron chi connectivity index (χ4n) is 2.41. The van der Waals surface area contributed by atoms with Crippen LogP contribution in [0.1, 0.15) is 16.1 Å². The molecule has 0 unspecified atom stereocenters. The zero-order valence-electron chi connectivity index (χ0n) is 13.1. The van der Waals surface area contributed by atoms with Crippen molar-refractivity contribution in [1.82, 2.24) is 9.97 Å². The number of aromatic nitrogens is 2. The first-order chi connectivity index (χ1) is 11.7. The molecule has 6 heteroatoms. The highest BCUT2D eigenvalue weighted by Gasteiger charge is 2.17. The van der Waals surface area contributed by atoms with E-state index >= 15 is 0 Å².